The fourth-order valence-electron chi connectivity index (χ4n) is 3.51. The summed E-state index contributed by atoms with van der Waals surface area (Å²) in [5, 5.41) is 3.31. The lowest BCUT2D eigenvalue weighted by Gasteiger charge is -2.37. The van der Waals surface area contributed by atoms with Crippen LogP contribution in [0.15, 0.2) is 29.6 Å². The van der Waals surface area contributed by atoms with Crippen LogP contribution in [0.5, 0.6) is 0 Å². The normalized spacial score (nSPS) is 18.4. The summed E-state index contributed by atoms with van der Waals surface area (Å²) in [6.07, 6.45) is 5.54. The molecule has 0 saturated heterocycles. The van der Waals surface area contributed by atoms with Crippen LogP contribution in [0.1, 0.15) is 69.1 Å². The molecule has 3 rings (SSSR count). The van der Waals surface area contributed by atoms with Gasteiger partial charge in [-0.05, 0) is 24.5 Å². The molecule has 0 atom stereocenters. The van der Waals surface area contributed by atoms with E-state index in [-0.39, 0.29) is 16.6 Å². The highest BCUT2D eigenvalue weighted by Gasteiger charge is 2.40. The topological polar surface area (TPSA) is 12.9 Å². The van der Waals surface area contributed by atoms with Gasteiger partial charge in [-0.15, -0.1) is 11.3 Å². The maximum absolute atomic E-state index is 14.5. The largest absolute Gasteiger partial charge is 0.245 e. The highest BCUT2D eigenvalue weighted by atomic mass is 32.1. The minimum absolute atomic E-state index is 0.0496. The van der Waals surface area contributed by atoms with Crippen molar-refractivity contribution in [1.82, 2.24) is 4.98 Å². The van der Waals surface area contributed by atoms with E-state index in [9.17, 15) is 4.39 Å². The smallest absolute Gasteiger partial charge is 0.127 e. The Morgan fingerprint density at radius 1 is 1.09 bits per heavy atom. The predicted molar refractivity (Wildman–Crippen MR) is 91.1 cm³/mol. The number of rotatable bonds is 2. The Bertz CT molecular complexity index is 647. The van der Waals surface area contributed by atoms with E-state index in [0.717, 1.165) is 41.9 Å². The maximum Gasteiger partial charge on any atom is 0.127 e. The van der Waals surface area contributed by atoms with Crippen LogP contribution in [0.25, 0.3) is 0 Å². The predicted octanol–water partition coefficient (Wildman–Crippen LogP) is 5.83. The van der Waals surface area contributed by atoms with E-state index in [2.05, 4.69) is 26.2 Å². The number of benzene rings is 1. The van der Waals surface area contributed by atoms with Crippen LogP contribution in [0, 0.1) is 5.82 Å². The SMILES string of the molecule is CC(C)(C)c1nc(C2(c3ccccc3F)CCCCC2)cs1. The van der Waals surface area contributed by atoms with Crippen LogP contribution in [0.3, 0.4) is 0 Å². The van der Waals surface area contributed by atoms with Crippen molar-refractivity contribution in [3.8, 4) is 0 Å². The number of nitrogens with zero attached hydrogens (tertiary/aromatic N) is 1. The molecule has 118 valence electrons. The molecule has 2 aromatic rings. The van der Waals surface area contributed by atoms with Crippen LogP contribution in [0.2, 0.25) is 0 Å². The molecule has 1 aliphatic rings. The molecule has 1 aliphatic carbocycles. The molecule has 3 heteroatoms. The number of hydrogen-bond donors (Lipinski definition) is 0. The van der Waals surface area contributed by atoms with E-state index < -0.39 is 0 Å². The summed E-state index contributed by atoms with van der Waals surface area (Å²) in [4.78, 5) is 4.95. The van der Waals surface area contributed by atoms with Gasteiger partial charge in [-0.3, -0.25) is 0 Å². The molecule has 22 heavy (non-hydrogen) atoms. The molecule has 0 unspecified atom stereocenters. The van der Waals surface area contributed by atoms with Crippen molar-refractivity contribution in [3.05, 3.63) is 51.7 Å². The van der Waals surface area contributed by atoms with Gasteiger partial charge in [0, 0.05) is 16.2 Å². The summed E-state index contributed by atoms with van der Waals surface area (Å²) in [6, 6.07) is 7.27. The van der Waals surface area contributed by atoms with Gasteiger partial charge in [0.05, 0.1) is 10.7 Å². The Hall–Kier alpha value is -1.22. The van der Waals surface area contributed by atoms with Crippen LogP contribution in [0.4, 0.5) is 4.39 Å². The van der Waals surface area contributed by atoms with Gasteiger partial charge in [0.1, 0.15) is 5.82 Å². The third kappa shape index (κ3) is 2.71. The molecule has 0 aliphatic heterocycles. The monoisotopic (exact) mass is 317 g/mol. The molecule has 0 bridgehead atoms. The Labute approximate surface area is 136 Å². The fourth-order valence-corrected chi connectivity index (χ4v) is 4.51. The molecule has 0 spiro atoms. The number of hydrogen-bond acceptors (Lipinski definition) is 2. The van der Waals surface area contributed by atoms with Crippen LogP contribution in [-0.4, -0.2) is 4.98 Å². The first-order valence-electron chi connectivity index (χ1n) is 8.15. The Morgan fingerprint density at radius 3 is 2.36 bits per heavy atom. The molecule has 1 nitrogen and oxygen atoms in total. The number of thiazole rings is 1. The van der Waals surface area contributed by atoms with Gasteiger partial charge in [-0.2, -0.15) is 0 Å². The van der Waals surface area contributed by atoms with Gasteiger partial charge in [0.25, 0.3) is 0 Å². The van der Waals surface area contributed by atoms with Crippen LogP contribution in [-0.2, 0) is 10.8 Å². The zero-order valence-electron chi connectivity index (χ0n) is 13.7. The van der Waals surface area contributed by atoms with Crippen LogP contribution < -0.4 is 0 Å². The van der Waals surface area contributed by atoms with Gasteiger partial charge >= 0.3 is 0 Å². The summed E-state index contributed by atoms with van der Waals surface area (Å²) in [5.74, 6) is -0.0882. The minimum Gasteiger partial charge on any atom is -0.245 e. The highest BCUT2D eigenvalue weighted by molar-refractivity contribution is 7.09. The van der Waals surface area contributed by atoms with Crippen molar-refractivity contribution in [1.29, 1.82) is 0 Å². The summed E-state index contributed by atoms with van der Waals surface area (Å²) in [7, 11) is 0. The molecular weight excluding hydrogens is 293 g/mol. The first kappa shape index (κ1) is 15.7. The zero-order valence-corrected chi connectivity index (χ0v) is 14.5. The average molecular weight is 317 g/mol. The van der Waals surface area contributed by atoms with E-state index in [1.54, 1.807) is 23.5 Å². The molecule has 1 heterocycles. The lowest BCUT2D eigenvalue weighted by atomic mass is 9.67. The second kappa shape index (κ2) is 5.77. The fraction of sp³-hybridized carbons (Fsp3) is 0.526. The molecule has 0 N–H and O–H groups in total. The van der Waals surface area contributed by atoms with E-state index in [1.165, 1.54) is 6.42 Å². The van der Waals surface area contributed by atoms with Gasteiger partial charge in [-0.1, -0.05) is 58.2 Å². The van der Waals surface area contributed by atoms with Crippen molar-refractivity contribution < 1.29 is 4.39 Å². The molecular formula is C19H24FNS. The molecule has 0 amide bonds. The Balaban J connectivity index is 2.11. The summed E-state index contributed by atoms with van der Waals surface area (Å²) in [6.45, 7) is 6.56. The third-order valence-electron chi connectivity index (χ3n) is 4.73. The molecule has 1 saturated carbocycles. The summed E-state index contributed by atoms with van der Waals surface area (Å²) in [5.41, 5.74) is 1.73. The number of halogens is 1. The zero-order chi connectivity index (χ0) is 15.8. The lowest BCUT2D eigenvalue weighted by molar-refractivity contribution is 0.328. The van der Waals surface area contributed by atoms with Gasteiger partial charge in [0.15, 0.2) is 0 Å². The molecule has 0 radical (unpaired) electrons. The highest BCUT2D eigenvalue weighted by Crippen LogP contribution is 2.46. The Morgan fingerprint density at radius 2 is 1.77 bits per heavy atom. The summed E-state index contributed by atoms with van der Waals surface area (Å²) >= 11 is 1.72. The maximum atomic E-state index is 14.5. The third-order valence-corrected chi connectivity index (χ3v) is 6.00. The second-order valence-electron chi connectivity index (χ2n) is 7.41. The van der Waals surface area contributed by atoms with Crippen LogP contribution >= 0.6 is 11.3 Å². The second-order valence-corrected chi connectivity index (χ2v) is 8.27. The molecule has 1 aromatic heterocycles. The standard InChI is InChI=1S/C19H24FNS/c1-18(2,3)17-21-16(13-22-17)19(11-7-4-8-12-19)14-9-5-6-10-15(14)20/h5-6,9-10,13H,4,7-8,11-12H2,1-3H3. The van der Waals surface area contributed by atoms with E-state index in [4.69, 9.17) is 4.98 Å². The van der Waals surface area contributed by atoms with Crippen molar-refractivity contribution in [2.24, 2.45) is 0 Å². The van der Waals surface area contributed by atoms with Crippen molar-refractivity contribution in [2.45, 2.75) is 63.7 Å². The number of aromatic nitrogens is 1. The quantitative estimate of drug-likeness (QED) is 0.679. The van der Waals surface area contributed by atoms with Crippen molar-refractivity contribution in [3.63, 3.8) is 0 Å². The average Bonchev–Trinajstić information content (AvgIpc) is 2.99. The van der Waals surface area contributed by atoms with E-state index >= 15 is 0 Å². The first-order chi connectivity index (χ1) is 10.4. The first-order valence-corrected chi connectivity index (χ1v) is 9.03. The summed E-state index contributed by atoms with van der Waals surface area (Å²) < 4.78 is 14.5. The molecule has 1 fully saturated rings. The van der Waals surface area contributed by atoms with Gasteiger partial charge in [-0.25, -0.2) is 9.37 Å². The van der Waals surface area contributed by atoms with E-state index in [1.807, 2.05) is 12.1 Å². The minimum atomic E-state index is -0.233. The van der Waals surface area contributed by atoms with Crippen molar-refractivity contribution >= 4 is 11.3 Å². The molecule has 1 aromatic carbocycles. The van der Waals surface area contributed by atoms with E-state index in [0.29, 0.717) is 0 Å². The Kier molecular flexibility index (Phi) is 4.11. The van der Waals surface area contributed by atoms with Gasteiger partial charge < -0.3 is 0 Å². The van der Waals surface area contributed by atoms with Crippen molar-refractivity contribution in [2.75, 3.05) is 0 Å². The lowest BCUT2D eigenvalue weighted by Crippen LogP contribution is -2.32. The van der Waals surface area contributed by atoms with Gasteiger partial charge in [0.2, 0.25) is 0 Å².